The molecule has 0 saturated heterocycles. The second-order valence-electron chi connectivity index (χ2n) is 4.97. The van der Waals surface area contributed by atoms with Crippen molar-refractivity contribution in [2.24, 2.45) is 0 Å². The van der Waals surface area contributed by atoms with Gasteiger partial charge in [-0.25, -0.2) is 9.59 Å². The van der Waals surface area contributed by atoms with E-state index in [2.05, 4.69) is 0 Å². The monoisotopic (exact) mass is 348 g/mol. The third-order valence-electron chi connectivity index (χ3n) is 3.37. The van der Waals surface area contributed by atoms with Crippen LogP contribution in [0.15, 0.2) is 29.1 Å². The average Bonchev–Trinajstić information content (AvgIpc) is 2.54. The molecule has 0 spiro atoms. The molecule has 0 fully saturated rings. The Morgan fingerprint density at radius 3 is 2.20 bits per heavy atom. The minimum absolute atomic E-state index is 0.215. The van der Waals surface area contributed by atoms with E-state index in [9.17, 15) is 24.6 Å². The molecule has 0 unspecified atom stereocenters. The highest BCUT2D eigenvalue weighted by Crippen LogP contribution is 2.30. The SMILES string of the molecule is COCCOc1ccc(-c2c(C(=O)O)c(N)[nH]c(=O)c2C(=O)O)cc1. The molecule has 0 aliphatic heterocycles. The quantitative estimate of drug-likeness (QED) is 0.542. The number of carbonyl (C=O) groups is 2. The van der Waals surface area contributed by atoms with Crippen molar-refractivity contribution in [1.82, 2.24) is 4.98 Å². The number of hydrogen-bond acceptors (Lipinski definition) is 6. The zero-order valence-corrected chi connectivity index (χ0v) is 13.2. The van der Waals surface area contributed by atoms with Crippen molar-refractivity contribution in [3.05, 3.63) is 45.7 Å². The van der Waals surface area contributed by atoms with E-state index in [-0.39, 0.29) is 11.1 Å². The van der Waals surface area contributed by atoms with Gasteiger partial charge in [0, 0.05) is 12.7 Å². The number of nitrogens with two attached hydrogens (primary N) is 1. The van der Waals surface area contributed by atoms with Gasteiger partial charge >= 0.3 is 11.9 Å². The summed E-state index contributed by atoms with van der Waals surface area (Å²) in [4.78, 5) is 37.0. The van der Waals surface area contributed by atoms with Crippen molar-refractivity contribution in [2.75, 3.05) is 26.1 Å². The summed E-state index contributed by atoms with van der Waals surface area (Å²) in [5.74, 6) is -2.95. The Balaban J connectivity index is 2.59. The molecule has 0 aliphatic carbocycles. The standard InChI is InChI=1S/C16H16N2O7/c1-24-6-7-25-9-4-2-8(3-5-9)10-11(15(20)21)13(17)18-14(19)12(10)16(22)23/h2-5H,6-7H2,1H3,(H,20,21)(H,22,23)(H3,17,18,19). The normalized spacial score (nSPS) is 10.4. The van der Waals surface area contributed by atoms with Crippen molar-refractivity contribution >= 4 is 17.8 Å². The fraction of sp³-hybridized carbons (Fsp3) is 0.188. The van der Waals surface area contributed by atoms with E-state index in [1.807, 2.05) is 4.98 Å². The van der Waals surface area contributed by atoms with Gasteiger partial charge in [0.15, 0.2) is 0 Å². The Labute approximate surface area is 141 Å². The van der Waals surface area contributed by atoms with Gasteiger partial charge in [0.25, 0.3) is 5.56 Å². The average molecular weight is 348 g/mol. The van der Waals surface area contributed by atoms with Gasteiger partial charge in [-0.2, -0.15) is 0 Å². The van der Waals surface area contributed by atoms with E-state index < -0.39 is 34.4 Å². The Morgan fingerprint density at radius 2 is 1.68 bits per heavy atom. The maximum atomic E-state index is 11.9. The molecule has 2 aromatic rings. The number of carboxylic acid groups (broad SMARTS) is 2. The van der Waals surface area contributed by atoms with Crippen LogP contribution in [-0.2, 0) is 4.74 Å². The zero-order chi connectivity index (χ0) is 18.6. The van der Waals surface area contributed by atoms with Gasteiger partial charge in [-0.3, -0.25) is 4.79 Å². The molecule has 0 saturated carbocycles. The Bertz CT molecular complexity index is 856. The summed E-state index contributed by atoms with van der Waals surface area (Å²) in [6, 6.07) is 5.96. The Kier molecular flexibility index (Phi) is 5.40. The third-order valence-corrected chi connectivity index (χ3v) is 3.37. The first-order chi connectivity index (χ1) is 11.9. The summed E-state index contributed by atoms with van der Waals surface area (Å²) in [6.45, 7) is 0.702. The number of pyridine rings is 1. The maximum Gasteiger partial charge on any atom is 0.342 e. The predicted molar refractivity (Wildman–Crippen MR) is 88.2 cm³/mol. The molecular weight excluding hydrogens is 332 g/mol. The number of nitrogens with one attached hydrogen (secondary N) is 1. The van der Waals surface area contributed by atoms with Crippen LogP contribution in [0.2, 0.25) is 0 Å². The summed E-state index contributed by atoms with van der Waals surface area (Å²) < 4.78 is 10.2. The number of aromatic carboxylic acids is 2. The van der Waals surface area contributed by atoms with Gasteiger partial charge in [0.2, 0.25) is 0 Å². The Morgan fingerprint density at radius 1 is 1.08 bits per heavy atom. The van der Waals surface area contributed by atoms with E-state index in [4.69, 9.17) is 15.2 Å². The minimum Gasteiger partial charge on any atom is -0.491 e. The van der Waals surface area contributed by atoms with Crippen molar-refractivity contribution in [1.29, 1.82) is 0 Å². The first-order valence-corrected chi connectivity index (χ1v) is 7.11. The van der Waals surface area contributed by atoms with Crippen LogP contribution in [0.5, 0.6) is 5.75 Å². The number of anilines is 1. The maximum absolute atomic E-state index is 11.9. The fourth-order valence-corrected chi connectivity index (χ4v) is 2.30. The second kappa shape index (κ2) is 7.49. The molecule has 9 nitrogen and oxygen atoms in total. The molecule has 1 heterocycles. The van der Waals surface area contributed by atoms with Crippen LogP contribution in [0.4, 0.5) is 5.82 Å². The second-order valence-corrected chi connectivity index (χ2v) is 4.97. The van der Waals surface area contributed by atoms with Crippen molar-refractivity contribution in [2.45, 2.75) is 0 Å². The topological polar surface area (TPSA) is 152 Å². The molecule has 1 aromatic heterocycles. The molecule has 0 aliphatic rings. The number of benzene rings is 1. The lowest BCUT2D eigenvalue weighted by Crippen LogP contribution is -2.24. The predicted octanol–water partition coefficient (Wildman–Crippen LogP) is 1.05. The molecule has 9 heteroatoms. The number of nitrogen functional groups attached to an aromatic ring is 1. The number of aromatic amines is 1. The van der Waals surface area contributed by atoms with Crippen molar-refractivity contribution < 1.29 is 29.3 Å². The summed E-state index contributed by atoms with van der Waals surface area (Å²) in [7, 11) is 1.53. The molecule has 0 atom stereocenters. The van der Waals surface area contributed by atoms with E-state index in [1.165, 1.54) is 31.4 Å². The van der Waals surface area contributed by atoms with Crippen molar-refractivity contribution in [3.63, 3.8) is 0 Å². The summed E-state index contributed by atoms with van der Waals surface area (Å²) in [5, 5.41) is 18.7. The Hall–Kier alpha value is -3.33. The highest BCUT2D eigenvalue weighted by molar-refractivity contribution is 6.07. The lowest BCUT2D eigenvalue weighted by atomic mass is 9.95. The van der Waals surface area contributed by atoms with Gasteiger partial charge in [0.05, 0.1) is 6.61 Å². The summed E-state index contributed by atoms with van der Waals surface area (Å²) in [5.41, 5.74) is 3.37. The number of rotatable bonds is 7. The van der Waals surface area contributed by atoms with Crippen LogP contribution in [0.3, 0.4) is 0 Å². The molecule has 0 radical (unpaired) electrons. The van der Waals surface area contributed by atoms with E-state index in [1.54, 1.807) is 0 Å². The summed E-state index contributed by atoms with van der Waals surface area (Å²) >= 11 is 0. The number of methoxy groups -OCH3 is 1. The van der Waals surface area contributed by atoms with Gasteiger partial charge in [-0.1, -0.05) is 12.1 Å². The number of ether oxygens (including phenoxy) is 2. The molecule has 1 aromatic carbocycles. The molecule has 0 bridgehead atoms. The van der Waals surface area contributed by atoms with Crippen LogP contribution < -0.4 is 16.0 Å². The van der Waals surface area contributed by atoms with Gasteiger partial charge in [0.1, 0.15) is 29.3 Å². The van der Waals surface area contributed by atoms with Gasteiger partial charge in [-0.05, 0) is 17.7 Å². The first-order valence-electron chi connectivity index (χ1n) is 7.11. The van der Waals surface area contributed by atoms with Crippen LogP contribution in [0.1, 0.15) is 20.7 Å². The fourth-order valence-electron chi connectivity index (χ4n) is 2.30. The highest BCUT2D eigenvalue weighted by Gasteiger charge is 2.26. The number of aromatic nitrogens is 1. The third kappa shape index (κ3) is 3.78. The smallest absolute Gasteiger partial charge is 0.342 e. The number of carboxylic acids is 2. The van der Waals surface area contributed by atoms with Crippen LogP contribution in [-0.4, -0.2) is 47.5 Å². The minimum atomic E-state index is -1.56. The van der Waals surface area contributed by atoms with Gasteiger partial charge in [-0.15, -0.1) is 0 Å². The van der Waals surface area contributed by atoms with Gasteiger partial charge < -0.3 is 30.4 Å². The molecule has 132 valence electrons. The van der Waals surface area contributed by atoms with Crippen LogP contribution >= 0.6 is 0 Å². The van der Waals surface area contributed by atoms with Crippen LogP contribution in [0.25, 0.3) is 11.1 Å². The van der Waals surface area contributed by atoms with E-state index in [0.29, 0.717) is 19.0 Å². The number of H-pyrrole nitrogens is 1. The molecule has 5 N–H and O–H groups in total. The number of hydrogen-bond donors (Lipinski definition) is 4. The first kappa shape index (κ1) is 18.0. The molecule has 0 amide bonds. The van der Waals surface area contributed by atoms with E-state index in [0.717, 1.165) is 0 Å². The van der Waals surface area contributed by atoms with Crippen LogP contribution in [0, 0.1) is 0 Å². The highest BCUT2D eigenvalue weighted by atomic mass is 16.5. The lowest BCUT2D eigenvalue weighted by Gasteiger charge is -2.13. The molecule has 25 heavy (non-hydrogen) atoms. The van der Waals surface area contributed by atoms with Crippen molar-refractivity contribution in [3.8, 4) is 16.9 Å². The molecular formula is C16H16N2O7. The molecule has 2 rings (SSSR count). The lowest BCUT2D eigenvalue weighted by molar-refractivity contribution is 0.0695. The van der Waals surface area contributed by atoms with E-state index >= 15 is 0 Å². The zero-order valence-electron chi connectivity index (χ0n) is 13.2. The summed E-state index contributed by atoms with van der Waals surface area (Å²) in [6.07, 6.45) is 0. The largest absolute Gasteiger partial charge is 0.491 e.